The van der Waals surface area contributed by atoms with Crippen LogP contribution >= 0.6 is 0 Å². The monoisotopic (exact) mass is 186 g/mol. The molecule has 0 unspecified atom stereocenters. The van der Waals surface area contributed by atoms with Crippen molar-refractivity contribution in [2.45, 2.75) is 13.0 Å². The van der Waals surface area contributed by atoms with Crippen molar-refractivity contribution in [1.82, 2.24) is 9.80 Å². The number of carbonyl (C=O) groups excluding carboxylic acids is 1. The summed E-state index contributed by atoms with van der Waals surface area (Å²) in [6.45, 7) is 5.27. The van der Waals surface area contributed by atoms with Crippen LogP contribution < -0.4 is 0 Å². The third-order valence-electron chi connectivity index (χ3n) is 2.59. The Labute approximate surface area is 79.4 Å². The van der Waals surface area contributed by atoms with Gasteiger partial charge in [0.25, 0.3) is 0 Å². The minimum atomic E-state index is 0.00824. The first-order chi connectivity index (χ1) is 6.16. The van der Waals surface area contributed by atoms with E-state index in [1.54, 1.807) is 12.0 Å². The molecule has 76 valence electrons. The molecule has 0 N–H and O–H groups in total. The second kappa shape index (κ2) is 4.58. The van der Waals surface area contributed by atoms with Gasteiger partial charge in [0, 0.05) is 33.8 Å². The molecule has 13 heavy (non-hydrogen) atoms. The van der Waals surface area contributed by atoms with Crippen molar-refractivity contribution in [2.75, 3.05) is 40.4 Å². The van der Waals surface area contributed by atoms with E-state index in [2.05, 4.69) is 4.90 Å². The number of rotatable bonds is 3. The van der Waals surface area contributed by atoms with Gasteiger partial charge in [-0.25, -0.2) is 0 Å². The molecule has 1 rings (SSSR count). The highest BCUT2D eigenvalue weighted by Gasteiger charge is 2.28. The van der Waals surface area contributed by atoms with E-state index in [1.165, 1.54) is 0 Å². The molecule has 0 radical (unpaired) electrons. The third kappa shape index (κ3) is 2.42. The van der Waals surface area contributed by atoms with Gasteiger partial charge in [0.05, 0.1) is 12.6 Å². The second-order valence-electron chi connectivity index (χ2n) is 3.46. The summed E-state index contributed by atoms with van der Waals surface area (Å²) in [5.74, 6) is 0.211. The number of amides is 1. The summed E-state index contributed by atoms with van der Waals surface area (Å²) < 4.78 is 4.99. The number of likely N-dealkylation sites (N-methyl/N-ethyl adjacent to an activating group) is 1. The molecule has 1 aliphatic heterocycles. The van der Waals surface area contributed by atoms with E-state index in [1.807, 2.05) is 14.0 Å². The molecule has 0 saturated carbocycles. The van der Waals surface area contributed by atoms with Gasteiger partial charge in [-0.1, -0.05) is 0 Å². The Morgan fingerprint density at radius 3 is 2.85 bits per heavy atom. The molecule has 0 aromatic carbocycles. The van der Waals surface area contributed by atoms with Crippen LogP contribution in [0.3, 0.4) is 0 Å². The molecule has 0 aromatic heterocycles. The first kappa shape index (κ1) is 10.5. The maximum atomic E-state index is 11.5. The second-order valence-corrected chi connectivity index (χ2v) is 3.46. The van der Waals surface area contributed by atoms with Gasteiger partial charge in [-0.15, -0.1) is 0 Å². The highest BCUT2D eigenvalue weighted by Crippen LogP contribution is 2.08. The zero-order valence-corrected chi connectivity index (χ0v) is 8.62. The molecule has 1 amide bonds. The van der Waals surface area contributed by atoms with Crippen molar-refractivity contribution < 1.29 is 9.53 Å². The van der Waals surface area contributed by atoms with E-state index in [-0.39, 0.29) is 11.9 Å². The van der Waals surface area contributed by atoms with E-state index in [4.69, 9.17) is 4.74 Å². The normalized spacial score (nSPS) is 25.3. The lowest BCUT2D eigenvalue weighted by Gasteiger charge is -2.37. The van der Waals surface area contributed by atoms with Crippen LogP contribution in [0.4, 0.5) is 0 Å². The smallest absolute Gasteiger partial charge is 0.239 e. The lowest BCUT2D eigenvalue weighted by Crippen LogP contribution is -2.54. The van der Waals surface area contributed by atoms with E-state index in [9.17, 15) is 4.79 Å². The van der Waals surface area contributed by atoms with Gasteiger partial charge < -0.3 is 9.64 Å². The molecule has 1 saturated heterocycles. The standard InChI is InChI=1S/C9H18N2O2/c1-8-9(12)10(2)4-5-11(8)6-7-13-3/h8H,4-7H2,1-3H3/t8-/m1/s1. The Kier molecular flexibility index (Phi) is 3.69. The van der Waals surface area contributed by atoms with E-state index < -0.39 is 0 Å². The van der Waals surface area contributed by atoms with E-state index in [0.29, 0.717) is 6.61 Å². The predicted octanol–water partition coefficient (Wildman–Crippen LogP) is -0.205. The Balaban J connectivity index is 2.44. The molecule has 4 heteroatoms. The first-order valence-electron chi connectivity index (χ1n) is 4.64. The molecular weight excluding hydrogens is 168 g/mol. The zero-order chi connectivity index (χ0) is 9.84. The lowest BCUT2D eigenvalue weighted by atomic mass is 10.2. The number of piperazine rings is 1. The van der Waals surface area contributed by atoms with Crippen molar-refractivity contribution in [2.24, 2.45) is 0 Å². The number of carbonyl (C=O) groups is 1. The molecule has 0 spiro atoms. The average molecular weight is 186 g/mol. The predicted molar refractivity (Wildman–Crippen MR) is 50.5 cm³/mol. The van der Waals surface area contributed by atoms with Crippen LogP contribution in [0.25, 0.3) is 0 Å². The maximum Gasteiger partial charge on any atom is 0.239 e. The summed E-state index contributed by atoms with van der Waals surface area (Å²) in [6, 6.07) is 0.00824. The van der Waals surface area contributed by atoms with Crippen molar-refractivity contribution in [3.63, 3.8) is 0 Å². The number of hydrogen-bond donors (Lipinski definition) is 0. The zero-order valence-electron chi connectivity index (χ0n) is 8.62. The fraction of sp³-hybridized carbons (Fsp3) is 0.889. The molecular formula is C9H18N2O2. The van der Waals surface area contributed by atoms with Gasteiger partial charge in [-0.05, 0) is 6.92 Å². The van der Waals surface area contributed by atoms with Crippen molar-refractivity contribution >= 4 is 5.91 Å². The third-order valence-corrected chi connectivity index (χ3v) is 2.59. The summed E-state index contributed by atoms with van der Waals surface area (Å²) in [7, 11) is 3.54. The molecule has 1 atom stereocenters. The number of nitrogens with zero attached hydrogens (tertiary/aromatic N) is 2. The molecule has 0 bridgehead atoms. The Morgan fingerprint density at radius 2 is 2.23 bits per heavy atom. The topological polar surface area (TPSA) is 32.8 Å². The maximum absolute atomic E-state index is 11.5. The summed E-state index contributed by atoms with van der Waals surface area (Å²) in [5, 5.41) is 0. The Bertz CT molecular complexity index is 182. The van der Waals surface area contributed by atoms with Gasteiger partial charge in [0.1, 0.15) is 0 Å². The van der Waals surface area contributed by atoms with Gasteiger partial charge in [0.2, 0.25) is 5.91 Å². The van der Waals surface area contributed by atoms with E-state index >= 15 is 0 Å². The summed E-state index contributed by atoms with van der Waals surface area (Å²) in [6.07, 6.45) is 0. The van der Waals surface area contributed by atoms with Crippen LogP contribution in [0.15, 0.2) is 0 Å². The summed E-state index contributed by atoms with van der Waals surface area (Å²) in [5.41, 5.74) is 0. The van der Waals surface area contributed by atoms with Crippen LogP contribution in [0.1, 0.15) is 6.92 Å². The minimum Gasteiger partial charge on any atom is -0.383 e. The van der Waals surface area contributed by atoms with E-state index in [0.717, 1.165) is 19.6 Å². The molecule has 1 fully saturated rings. The number of methoxy groups -OCH3 is 1. The number of hydrogen-bond acceptors (Lipinski definition) is 3. The van der Waals surface area contributed by atoms with Crippen LogP contribution in [0.2, 0.25) is 0 Å². The minimum absolute atomic E-state index is 0.00824. The molecule has 0 aliphatic carbocycles. The van der Waals surface area contributed by atoms with Gasteiger partial charge >= 0.3 is 0 Å². The van der Waals surface area contributed by atoms with Crippen molar-refractivity contribution in [3.8, 4) is 0 Å². The van der Waals surface area contributed by atoms with Gasteiger partial charge in [-0.3, -0.25) is 9.69 Å². The van der Waals surface area contributed by atoms with Crippen molar-refractivity contribution in [3.05, 3.63) is 0 Å². The first-order valence-corrected chi connectivity index (χ1v) is 4.64. The SMILES string of the molecule is COCCN1CCN(C)C(=O)[C@H]1C. The van der Waals surface area contributed by atoms with Crippen LogP contribution in [-0.4, -0.2) is 62.1 Å². The summed E-state index contributed by atoms with van der Waals surface area (Å²) in [4.78, 5) is 15.5. The molecule has 1 aliphatic rings. The van der Waals surface area contributed by atoms with Gasteiger partial charge in [0.15, 0.2) is 0 Å². The number of ether oxygens (including phenoxy) is 1. The molecule has 0 aromatic rings. The largest absolute Gasteiger partial charge is 0.383 e. The lowest BCUT2D eigenvalue weighted by molar-refractivity contribution is -0.139. The van der Waals surface area contributed by atoms with Crippen molar-refractivity contribution in [1.29, 1.82) is 0 Å². The fourth-order valence-electron chi connectivity index (χ4n) is 1.57. The average Bonchev–Trinajstić information content (AvgIpc) is 2.13. The van der Waals surface area contributed by atoms with Crippen LogP contribution in [-0.2, 0) is 9.53 Å². The molecule has 4 nitrogen and oxygen atoms in total. The molecule has 1 heterocycles. The highest BCUT2D eigenvalue weighted by molar-refractivity contribution is 5.81. The highest BCUT2D eigenvalue weighted by atomic mass is 16.5. The fourth-order valence-corrected chi connectivity index (χ4v) is 1.57. The van der Waals surface area contributed by atoms with Crippen LogP contribution in [0.5, 0.6) is 0 Å². The van der Waals surface area contributed by atoms with Crippen LogP contribution in [0, 0.1) is 0 Å². The Morgan fingerprint density at radius 1 is 1.54 bits per heavy atom. The van der Waals surface area contributed by atoms with Gasteiger partial charge in [-0.2, -0.15) is 0 Å². The quantitative estimate of drug-likeness (QED) is 0.611. The summed E-state index contributed by atoms with van der Waals surface area (Å²) >= 11 is 0. The Hall–Kier alpha value is -0.610.